The van der Waals surface area contributed by atoms with Crippen LogP contribution < -0.4 is 5.43 Å². The minimum Gasteiger partial charge on any atom is -0.272 e. The predicted molar refractivity (Wildman–Crippen MR) is 126 cm³/mol. The van der Waals surface area contributed by atoms with Crippen molar-refractivity contribution in [3.8, 4) is 0 Å². The van der Waals surface area contributed by atoms with Crippen LogP contribution in [0.25, 0.3) is 10.8 Å². The van der Waals surface area contributed by atoms with Crippen LogP contribution in [-0.4, -0.2) is 28.1 Å². The summed E-state index contributed by atoms with van der Waals surface area (Å²) in [5, 5.41) is 14.7. The van der Waals surface area contributed by atoms with Crippen LogP contribution in [0.5, 0.6) is 0 Å². The highest BCUT2D eigenvalue weighted by molar-refractivity contribution is 8.03. The van der Waals surface area contributed by atoms with Crippen LogP contribution >= 0.6 is 34.9 Å². The first-order valence-electron chi connectivity index (χ1n) is 9.30. The highest BCUT2D eigenvalue weighted by Crippen LogP contribution is 2.32. The largest absolute Gasteiger partial charge is 0.272 e. The molecule has 0 unspecified atom stereocenters. The smallest absolute Gasteiger partial charge is 0.250 e. The topological polar surface area (TPSA) is 67.2 Å². The van der Waals surface area contributed by atoms with Crippen LogP contribution in [0.4, 0.5) is 4.39 Å². The first-order valence-corrected chi connectivity index (χ1v) is 12.1. The number of nitrogens with zero attached hydrogens (tertiary/aromatic N) is 3. The van der Waals surface area contributed by atoms with Gasteiger partial charge in [-0.3, -0.25) is 4.79 Å². The van der Waals surface area contributed by atoms with E-state index in [-0.39, 0.29) is 17.5 Å². The van der Waals surface area contributed by atoms with E-state index in [1.807, 2.05) is 12.1 Å². The second kappa shape index (κ2) is 10.5. The van der Waals surface area contributed by atoms with Gasteiger partial charge in [-0.15, -0.1) is 10.2 Å². The Hall–Kier alpha value is -2.75. The Morgan fingerprint density at radius 1 is 1.00 bits per heavy atom. The number of nitrogens with one attached hydrogen (secondary N) is 1. The van der Waals surface area contributed by atoms with Gasteiger partial charge in [0.1, 0.15) is 5.82 Å². The zero-order valence-corrected chi connectivity index (χ0v) is 18.6. The number of hydrazone groups is 1. The van der Waals surface area contributed by atoms with Gasteiger partial charge in [0.05, 0.1) is 12.0 Å². The molecule has 3 aromatic carbocycles. The average molecular weight is 469 g/mol. The van der Waals surface area contributed by atoms with Crippen molar-refractivity contribution in [3.05, 3.63) is 83.7 Å². The van der Waals surface area contributed by atoms with E-state index in [0.29, 0.717) is 5.56 Å². The number of amides is 1. The van der Waals surface area contributed by atoms with Gasteiger partial charge in [-0.1, -0.05) is 89.5 Å². The Morgan fingerprint density at radius 2 is 1.74 bits per heavy atom. The van der Waals surface area contributed by atoms with Crippen LogP contribution in [-0.2, 0) is 10.5 Å². The van der Waals surface area contributed by atoms with E-state index in [4.69, 9.17) is 0 Å². The number of aromatic nitrogens is 2. The minimum absolute atomic E-state index is 0.184. The lowest BCUT2D eigenvalue weighted by Gasteiger charge is -2.04. The molecule has 0 aliphatic heterocycles. The van der Waals surface area contributed by atoms with Crippen LogP contribution in [0.3, 0.4) is 0 Å². The molecule has 0 saturated heterocycles. The molecule has 0 atom stereocenters. The highest BCUT2D eigenvalue weighted by Gasteiger charge is 2.09. The number of hydrogen-bond acceptors (Lipinski definition) is 7. The summed E-state index contributed by atoms with van der Waals surface area (Å²) in [4.78, 5) is 11.9. The van der Waals surface area contributed by atoms with E-state index in [2.05, 4.69) is 51.1 Å². The van der Waals surface area contributed by atoms with Crippen molar-refractivity contribution in [2.24, 2.45) is 5.10 Å². The van der Waals surface area contributed by atoms with Gasteiger partial charge in [0.25, 0.3) is 5.91 Å². The van der Waals surface area contributed by atoms with Crippen LogP contribution in [0.1, 0.15) is 11.1 Å². The van der Waals surface area contributed by atoms with Crippen LogP contribution in [0.15, 0.2) is 80.5 Å². The van der Waals surface area contributed by atoms with Crippen molar-refractivity contribution in [1.82, 2.24) is 15.6 Å². The Labute approximate surface area is 191 Å². The maximum Gasteiger partial charge on any atom is 0.250 e. The Morgan fingerprint density at radius 3 is 2.58 bits per heavy atom. The Kier molecular flexibility index (Phi) is 7.29. The summed E-state index contributed by atoms with van der Waals surface area (Å²) in [7, 11) is 0. The number of benzene rings is 3. The molecule has 1 N–H and O–H groups in total. The van der Waals surface area contributed by atoms with E-state index in [0.717, 1.165) is 14.4 Å². The van der Waals surface area contributed by atoms with E-state index < -0.39 is 0 Å². The fourth-order valence-electron chi connectivity index (χ4n) is 2.76. The molecule has 5 nitrogen and oxygen atoms in total. The molecule has 0 spiro atoms. The molecule has 1 heterocycles. The van der Waals surface area contributed by atoms with E-state index >= 15 is 0 Å². The summed E-state index contributed by atoms with van der Waals surface area (Å²) in [5.41, 5.74) is 4.41. The second-order valence-electron chi connectivity index (χ2n) is 6.39. The summed E-state index contributed by atoms with van der Waals surface area (Å²) in [6.45, 7) is 0. The number of carbonyl (C=O) groups is 1. The van der Waals surface area contributed by atoms with Gasteiger partial charge in [0.2, 0.25) is 0 Å². The van der Waals surface area contributed by atoms with Gasteiger partial charge < -0.3 is 0 Å². The fourth-order valence-corrected chi connectivity index (χ4v) is 5.58. The molecule has 1 aromatic heterocycles. The van der Waals surface area contributed by atoms with Crippen molar-refractivity contribution >= 4 is 57.8 Å². The first-order chi connectivity index (χ1) is 15.2. The lowest BCUT2D eigenvalue weighted by Crippen LogP contribution is -2.19. The molecule has 0 bridgehead atoms. The average Bonchev–Trinajstić information content (AvgIpc) is 3.25. The lowest BCUT2D eigenvalue weighted by molar-refractivity contribution is -0.118. The van der Waals surface area contributed by atoms with Crippen molar-refractivity contribution in [3.63, 3.8) is 0 Å². The summed E-state index contributed by atoms with van der Waals surface area (Å²) < 4.78 is 14.5. The maximum absolute atomic E-state index is 12.9. The van der Waals surface area contributed by atoms with E-state index in [1.54, 1.807) is 23.9 Å². The molecule has 0 saturated carbocycles. The second-order valence-corrected chi connectivity index (χ2v) is 9.82. The summed E-state index contributed by atoms with van der Waals surface area (Å²) >= 11 is 4.43. The molecule has 0 radical (unpaired) electrons. The van der Waals surface area contributed by atoms with Crippen LogP contribution in [0.2, 0.25) is 0 Å². The van der Waals surface area contributed by atoms with Crippen LogP contribution in [0, 0.1) is 5.82 Å². The first kappa shape index (κ1) is 21.5. The zero-order valence-electron chi connectivity index (χ0n) is 16.2. The predicted octanol–water partition coefficient (Wildman–Crippen LogP) is 5.37. The van der Waals surface area contributed by atoms with Gasteiger partial charge in [-0.25, -0.2) is 9.82 Å². The van der Waals surface area contributed by atoms with Gasteiger partial charge in [0.15, 0.2) is 8.68 Å². The maximum atomic E-state index is 12.9. The quantitative estimate of drug-likeness (QED) is 0.214. The fraction of sp³-hybridized carbons (Fsp3) is 0.0909. The summed E-state index contributed by atoms with van der Waals surface area (Å²) in [5.74, 6) is 0.427. The molecule has 0 aliphatic rings. The molecule has 4 aromatic rings. The molecule has 9 heteroatoms. The molecule has 0 aliphatic carbocycles. The third-order valence-corrected chi connectivity index (χ3v) is 7.46. The standard InChI is InChI=1S/C22H17FN4OS3/c23-18-10-8-15(9-11-18)12-24-25-20(28)14-30-22-27-26-21(31-22)29-13-17-6-3-5-16-4-1-2-7-19(16)17/h1-12H,13-14H2,(H,25,28)/b24-12-. The molecule has 31 heavy (non-hydrogen) atoms. The van der Waals surface area contributed by atoms with Gasteiger partial charge in [-0.05, 0) is 34.0 Å². The number of halogens is 1. The third kappa shape index (κ3) is 6.13. The number of fused-ring (bicyclic) bond motifs is 1. The van der Waals surface area contributed by atoms with E-state index in [9.17, 15) is 9.18 Å². The highest BCUT2D eigenvalue weighted by atomic mass is 32.2. The monoisotopic (exact) mass is 468 g/mol. The number of thioether (sulfide) groups is 2. The third-order valence-electron chi connectivity index (χ3n) is 4.22. The number of hydrogen-bond donors (Lipinski definition) is 1. The summed E-state index contributed by atoms with van der Waals surface area (Å²) in [6.07, 6.45) is 1.47. The van der Waals surface area contributed by atoms with Crippen molar-refractivity contribution in [2.75, 3.05) is 5.75 Å². The Bertz CT molecular complexity index is 1210. The number of rotatable bonds is 8. The molecule has 4 rings (SSSR count). The van der Waals surface area contributed by atoms with Gasteiger partial charge in [-0.2, -0.15) is 5.10 Å². The SMILES string of the molecule is O=C(CSc1nnc(SCc2cccc3ccccc23)s1)N/N=C\c1ccc(F)cc1. The van der Waals surface area contributed by atoms with Gasteiger partial charge >= 0.3 is 0 Å². The van der Waals surface area contributed by atoms with Crippen molar-refractivity contribution in [2.45, 2.75) is 14.4 Å². The van der Waals surface area contributed by atoms with Crippen molar-refractivity contribution < 1.29 is 9.18 Å². The number of carbonyl (C=O) groups excluding carboxylic acids is 1. The normalized spacial score (nSPS) is 11.3. The minimum atomic E-state index is -0.315. The molecular formula is C22H17FN4OS3. The van der Waals surface area contributed by atoms with E-state index in [1.165, 1.54) is 57.8 Å². The molecular weight excluding hydrogens is 451 g/mol. The lowest BCUT2D eigenvalue weighted by atomic mass is 10.1. The zero-order chi connectivity index (χ0) is 21.5. The van der Waals surface area contributed by atoms with Crippen molar-refractivity contribution in [1.29, 1.82) is 0 Å². The molecule has 156 valence electrons. The summed E-state index contributed by atoms with van der Waals surface area (Å²) in [6, 6.07) is 20.5. The van der Waals surface area contributed by atoms with Gasteiger partial charge in [0, 0.05) is 5.75 Å². The molecule has 1 amide bonds. The molecule has 0 fully saturated rings. The Balaban J connectivity index is 1.25.